The molecule has 14 heteroatoms. The number of methoxy groups -OCH3 is 1. The molecule has 4 aromatic rings. The molecule has 1 N–H and O–H groups in total. The van der Waals surface area contributed by atoms with Crippen molar-refractivity contribution in [3.05, 3.63) is 68.4 Å². The summed E-state index contributed by atoms with van der Waals surface area (Å²) in [5.41, 5.74) is -2.18. The van der Waals surface area contributed by atoms with E-state index in [4.69, 9.17) is 9.47 Å². The van der Waals surface area contributed by atoms with Crippen LogP contribution in [-0.2, 0) is 26.4 Å². The minimum absolute atomic E-state index is 0.0441. The molecule has 1 aliphatic rings. The van der Waals surface area contributed by atoms with E-state index >= 15 is 0 Å². The van der Waals surface area contributed by atoms with E-state index in [0.717, 1.165) is 48.0 Å². The maximum absolute atomic E-state index is 14.5. The molecule has 1 fully saturated rings. The Bertz CT molecular complexity index is 1840. The van der Waals surface area contributed by atoms with Crippen molar-refractivity contribution in [2.75, 3.05) is 13.7 Å². The van der Waals surface area contributed by atoms with Crippen LogP contribution in [0.2, 0.25) is 0 Å². The fourth-order valence-electron chi connectivity index (χ4n) is 5.79. The maximum atomic E-state index is 14.5. The Morgan fingerprint density at radius 1 is 1.16 bits per heavy atom. The molecule has 1 saturated carbocycles. The normalized spacial score (nSPS) is 14.9. The van der Waals surface area contributed by atoms with Crippen LogP contribution in [0.5, 0.6) is 5.75 Å². The number of amides is 1. The number of fused-ring (bicyclic) bond motifs is 1. The van der Waals surface area contributed by atoms with Crippen molar-refractivity contribution in [2.24, 2.45) is 0 Å². The molecule has 0 radical (unpaired) electrons. The minimum atomic E-state index is -1.58. The number of thiophene rings is 1. The molecule has 0 saturated heterocycles. The van der Waals surface area contributed by atoms with Crippen LogP contribution in [0, 0.1) is 12.7 Å². The highest BCUT2D eigenvalue weighted by atomic mass is 32.1. The van der Waals surface area contributed by atoms with Gasteiger partial charge in [-0.25, -0.2) is 13.8 Å². The van der Waals surface area contributed by atoms with E-state index in [1.807, 2.05) is 0 Å². The number of carbonyl (C=O) groups excluding carboxylic acids is 2. The molecule has 0 spiro atoms. The topological polar surface area (TPSA) is 139 Å². The van der Waals surface area contributed by atoms with Crippen LogP contribution in [0.1, 0.15) is 70.1 Å². The van der Waals surface area contributed by atoms with E-state index in [2.05, 4.69) is 15.5 Å². The van der Waals surface area contributed by atoms with Crippen molar-refractivity contribution >= 4 is 33.2 Å². The Hall–Kier alpha value is -4.17. The lowest BCUT2D eigenvalue weighted by Crippen LogP contribution is -2.57. The first-order valence-electron chi connectivity index (χ1n) is 14.9. The van der Waals surface area contributed by atoms with Crippen LogP contribution in [0.4, 0.5) is 4.39 Å². The molecule has 0 unspecified atom stereocenters. The van der Waals surface area contributed by atoms with E-state index in [1.54, 1.807) is 20.8 Å². The van der Waals surface area contributed by atoms with Gasteiger partial charge in [-0.3, -0.25) is 19.0 Å². The number of aryl methyl sites for hydroxylation is 1. The van der Waals surface area contributed by atoms with Gasteiger partial charge in [0, 0.05) is 17.2 Å². The van der Waals surface area contributed by atoms with Crippen LogP contribution in [0.3, 0.4) is 0 Å². The standard InChI is InChI=1S/C31H37FN6O6S/c1-18(39)17-44-24(22-15-20(32)11-12-23(22)43-5)16-36-28-25(19(2)27(45-28)38-33-13-14-34-38)26(40)37(30(36)42)31(3,4)29(41)35-21-9-7-6-8-10-21/h11-15,21,24H,6-10,16-17H2,1-5H3,(H,35,41)/t24-/m0/s1. The second-order valence-corrected chi connectivity index (χ2v) is 12.8. The van der Waals surface area contributed by atoms with Gasteiger partial charge in [0.25, 0.3) is 5.56 Å². The van der Waals surface area contributed by atoms with Crippen molar-refractivity contribution < 1.29 is 23.5 Å². The van der Waals surface area contributed by atoms with E-state index < -0.39 is 34.6 Å². The summed E-state index contributed by atoms with van der Waals surface area (Å²) in [6, 6.07) is 3.84. The average Bonchev–Trinajstić information content (AvgIpc) is 3.65. The van der Waals surface area contributed by atoms with Gasteiger partial charge in [-0.2, -0.15) is 10.2 Å². The first-order valence-corrected chi connectivity index (χ1v) is 15.7. The summed E-state index contributed by atoms with van der Waals surface area (Å²) < 4.78 is 28.3. The first-order chi connectivity index (χ1) is 21.4. The predicted molar refractivity (Wildman–Crippen MR) is 167 cm³/mol. The van der Waals surface area contributed by atoms with Crippen molar-refractivity contribution in [3.8, 4) is 10.8 Å². The van der Waals surface area contributed by atoms with Crippen LogP contribution < -0.4 is 21.3 Å². The Morgan fingerprint density at radius 2 is 1.84 bits per heavy atom. The first kappa shape index (κ1) is 32.2. The molecule has 5 rings (SSSR count). The van der Waals surface area contributed by atoms with Crippen LogP contribution in [0.15, 0.2) is 40.2 Å². The molecule has 1 amide bonds. The number of halogens is 1. The van der Waals surface area contributed by atoms with Gasteiger partial charge in [0.2, 0.25) is 5.91 Å². The largest absolute Gasteiger partial charge is 0.496 e. The molecular formula is C31H37FN6O6S. The molecule has 0 aliphatic heterocycles. The van der Waals surface area contributed by atoms with Crippen molar-refractivity contribution in [1.29, 1.82) is 0 Å². The number of nitrogens with one attached hydrogen (secondary N) is 1. The van der Waals surface area contributed by atoms with Crippen LogP contribution in [-0.4, -0.2) is 55.6 Å². The third-order valence-corrected chi connectivity index (χ3v) is 9.50. The molecule has 1 aromatic carbocycles. The zero-order valence-corrected chi connectivity index (χ0v) is 26.8. The van der Waals surface area contributed by atoms with Gasteiger partial charge in [-0.15, -0.1) is 4.80 Å². The molecule has 3 heterocycles. The number of aromatic nitrogens is 5. The SMILES string of the molecule is COc1ccc(F)cc1[C@H](Cn1c(=O)n(C(C)(C)C(=O)NC2CCCCC2)c(=O)c2c(C)c(-n3nccn3)sc21)OCC(C)=O. The van der Waals surface area contributed by atoms with Gasteiger partial charge in [0.05, 0.1) is 31.4 Å². The number of Topliss-reactive ketones (excluding diaryl/α,β-unsaturated/α-hetero) is 1. The average molecular weight is 641 g/mol. The molecule has 240 valence electrons. The number of hydrogen-bond acceptors (Lipinski definition) is 9. The lowest BCUT2D eigenvalue weighted by Gasteiger charge is -2.31. The highest BCUT2D eigenvalue weighted by Gasteiger charge is 2.37. The highest BCUT2D eigenvalue weighted by Crippen LogP contribution is 2.34. The van der Waals surface area contributed by atoms with Crippen LogP contribution >= 0.6 is 11.3 Å². The number of carbonyl (C=O) groups is 2. The van der Waals surface area contributed by atoms with E-state index in [1.165, 1.54) is 54.0 Å². The number of ketones is 1. The molecular weight excluding hydrogens is 603 g/mol. The summed E-state index contributed by atoms with van der Waals surface area (Å²) in [6.07, 6.45) is 6.69. The van der Waals surface area contributed by atoms with Gasteiger partial charge < -0.3 is 14.8 Å². The zero-order valence-electron chi connectivity index (χ0n) is 26.0. The molecule has 1 aliphatic carbocycles. The predicted octanol–water partition coefficient (Wildman–Crippen LogP) is 3.79. The number of benzene rings is 1. The highest BCUT2D eigenvalue weighted by molar-refractivity contribution is 7.21. The summed E-state index contributed by atoms with van der Waals surface area (Å²) in [6.45, 7) is 5.62. The van der Waals surface area contributed by atoms with Gasteiger partial charge in [-0.1, -0.05) is 30.6 Å². The molecule has 3 aromatic heterocycles. The van der Waals surface area contributed by atoms with Crippen molar-refractivity contribution in [3.63, 3.8) is 0 Å². The maximum Gasteiger partial charge on any atom is 0.333 e. The fraction of sp³-hybridized carbons (Fsp3) is 0.484. The fourth-order valence-corrected chi connectivity index (χ4v) is 7.01. The third-order valence-electron chi connectivity index (χ3n) is 8.22. The number of rotatable bonds is 11. The van der Waals surface area contributed by atoms with E-state index in [-0.39, 0.29) is 35.9 Å². The molecule has 1 atom stereocenters. The van der Waals surface area contributed by atoms with Crippen molar-refractivity contribution in [1.82, 2.24) is 29.4 Å². The summed E-state index contributed by atoms with van der Waals surface area (Å²) >= 11 is 1.13. The lowest BCUT2D eigenvalue weighted by molar-refractivity contribution is -0.129. The summed E-state index contributed by atoms with van der Waals surface area (Å²) in [4.78, 5) is 56.1. The molecule has 12 nitrogen and oxygen atoms in total. The van der Waals surface area contributed by atoms with Gasteiger partial charge in [0.15, 0.2) is 5.78 Å². The zero-order chi connectivity index (χ0) is 32.5. The summed E-state index contributed by atoms with van der Waals surface area (Å²) in [7, 11) is 1.42. The monoisotopic (exact) mass is 640 g/mol. The Kier molecular flexibility index (Phi) is 9.35. The molecule has 0 bridgehead atoms. The summed E-state index contributed by atoms with van der Waals surface area (Å²) in [5, 5.41) is 12.2. The molecule has 45 heavy (non-hydrogen) atoms. The lowest BCUT2D eigenvalue weighted by atomic mass is 9.94. The Morgan fingerprint density at radius 3 is 2.49 bits per heavy atom. The number of hydrogen-bond donors (Lipinski definition) is 1. The summed E-state index contributed by atoms with van der Waals surface area (Å²) in [5.74, 6) is -1.00. The second-order valence-electron chi connectivity index (χ2n) is 11.8. The van der Waals surface area contributed by atoms with Gasteiger partial charge >= 0.3 is 5.69 Å². The number of ether oxygens (including phenoxy) is 2. The third kappa shape index (κ3) is 6.34. The number of nitrogens with zero attached hydrogens (tertiary/aromatic N) is 5. The van der Waals surface area contributed by atoms with Gasteiger partial charge in [0.1, 0.15) is 39.6 Å². The Balaban J connectivity index is 1.72. The van der Waals surface area contributed by atoms with E-state index in [9.17, 15) is 23.6 Å². The smallest absolute Gasteiger partial charge is 0.333 e. The van der Waals surface area contributed by atoms with Crippen molar-refractivity contribution in [2.45, 2.75) is 84.0 Å². The quantitative estimate of drug-likeness (QED) is 0.261. The van der Waals surface area contributed by atoms with Crippen LogP contribution in [0.25, 0.3) is 15.2 Å². The second kappa shape index (κ2) is 13.1. The van der Waals surface area contributed by atoms with E-state index in [0.29, 0.717) is 21.1 Å². The minimum Gasteiger partial charge on any atom is -0.496 e. The van der Waals surface area contributed by atoms with Gasteiger partial charge in [-0.05, 0) is 58.7 Å². The Labute approximate surface area is 262 Å².